The average Bonchev–Trinajstić information content (AvgIpc) is 3.22. The molecule has 0 saturated heterocycles. The molecule has 1 unspecified atom stereocenters. The molecular formula is C23H20FN5O3. The summed E-state index contributed by atoms with van der Waals surface area (Å²) in [6.07, 6.45) is -1.01. The number of nitrogens with zero attached hydrogens (tertiary/aromatic N) is 3. The van der Waals surface area contributed by atoms with E-state index in [0.29, 0.717) is 12.1 Å². The standard InChI is InChI=1S/C23H20FN5O3/c1-15(32-21-9-5-2-6-18(21)24)22(30)26-27-23(31)17-12-10-16(11-13-17)14-29-20-8-4-3-7-19(20)25-28-29/h2-13,15H,14H2,1H3,(H,26,30)(H,27,31). The number of halogens is 1. The van der Waals surface area contributed by atoms with E-state index in [1.807, 2.05) is 24.3 Å². The molecule has 1 aromatic heterocycles. The van der Waals surface area contributed by atoms with E-state index in [4.69, 9.17) is 4.74 Å². The molecule has 0 fully saturated rings. The fourth-order valence-corrected chi connectivity index (χ4v) is 3.05. The number of carbonyl (C=O) groups is 2. The molecule has 0 radical (unpaired) electrons. The van der Waals surface area contributed by atoms with Gasteiger partial charge in [-0.3, -0.25) is 20.4 Å². The predicted octanol–water partition coefficient (Wildman–Crippen LogP) is 2.85. The molecule has 162 valence electrons. The zero-order chi connectivity index (χ0) is 22.5. The molecule has 2 N–H and O–H groups in total. The van der Waals surface area contributed by atoms with E-state index in [0.717, 1.165) is 16.6 Å². The molecule has 0 saturated carbocycles. The highest BCUT2D eigenvalue weighted by Crippen LogP contribution is 2.17. The Labute approximate surface area is 183 Å². The molecule has 32 heavy (non-hydrogen) atoms. The number of hydrogen-bond acceptors (Lipinski definition) is 5. The lowest BCUT2D eigenvalue weighted by molar-refractivity contribution is -0.128. The van der Waals surface area contributed by atoms with Crippen LogP contribution in [-0.4, -0.2) is 32.9 Å². The van der Waals surface area contributed by atoms with Crippen molar-refractivity contribution in [2.24, 2.45) is 0 Å². The Hall–Kier alpha value is -4.27. The van der Waals surface area contributed by atoms with E-state index in [-0.39, 0.29) is 5.75 Å². The maximum absolute atomic E-state index is 13.6. The lowest BCUT2D eigenvalue weighted by Gasteiger charge is -2.15. The molecule has 0 aliphatic rings. The normalized spacial score (nSPS) is 11.7. The molecule has 3 aromatic carbocycles. The summed E-state index contributed by atoms with van der Waals surface area (Å²) >= 11 is 0. The summed E-state index contributed by atoms with van der Waals surface area (Å²) in [4.78, 5) is 24.5. The monoisotopic (exact) mass is 433 g/mol. The first-order valence-corrected chi connectivity index (χ1v) is 9.90. The van der Waals surface area contributed by atoms with Crippen LogP contribution >= 0.6 is 0 Å². The molecule has 4 aromatic rings. The van der Waals surface area contributed by atoms with Crippen LogP contribution in [0.2, 0.25) is 0 Å². The lowest BCUT2D eigenvalue weighted by Crippen LogP contribution is -2.47. The highest BCUT2D eigenvalue weighted by Gasteiger charge is 2.17. The van der Waals surface area contributed by atoms with Gasteiger partial charge in [-0.15, -0.1) is 5.10 Å². The minimum Gasteiger partial charge on any atom is -0.478 e. The lowest BCUT2D eigenvalue weighted by atomic mass is 10.1. The van der Waals surface area contributed by atoms with Crippen molar-refractivity contribution in [1.29, 1.82) is 0 Å². The van der Waals surface area contributed by atoms with Gasteiger partial charge in [0.2, 0.25) is 0 Å². The van der Waals surface area contributed by atoms with Gasteiger partial charge in [0, 0.05) is 5.56 Å². The van der Waals surface area contributed by atoms with Crippen molar-refractivity contribution in [1.82, 2.24) is 25.8 Å². The molecule has 1 heterocycles. The van der Waals surface area contributed by atoms with E-state index < -0.39 is 23.7 Å². The first kappa shape index (κ1) is 21.0. The van der Waals surface area contributed by atoms with Crippen molar-refractivity contribution >= 4 is 22.8 Å². The van der Waals surface area contributed by atoms with Gasteiger partial charge >= 0.3 is 0 Å². The third-order valence-corrected chi connectivity index (χ3v) is 4.78. The smallest absolute Gasteiger partial charge is 0.279 e. The van der Waals surface area contributed by atoms with Gasteiger partial charge in [0.15, 0.2) is 17.7 Å². The summed E-state index contributed by atoms with van der Waals surface area (Å²) in [6.45, 7) is 1.96. The molecule has 2 amide bonds. The van der Waals surface area contributed by atoms with Crippen LogP contribution in [0.25, 0.3) is 11.0 Å². The quantitative estimate of drug-likeness (QED) is 0.456. The van der Waals surface area contributed by atoms with Crippen molar-refractivity contribution in [3.05, 3.63) is 89.7 Å². The molecule has 0 aliphatic heterocycles. The van der Waals surface area contributed by atoms with Gasteiger partial charge in [-0.25, -0.2) is 9.07 Å². The summed E-state index contributed by atoms with van der Waals surface area (Å²) < 4.78 is 20.7. The van der Waals surface area contributed by atoms with Crippen molar-refractivity contribution in [3.63, 3.8) is 0 Å². The zero-order valence-electron chi connectivity index (χ0n) is 17.2. The molecule has 0 bridgehead atoms. The second kappa shape index (κ2) is 9.25. The zero-order valence-corrected chi connectivity index (χ0v) is 17.2. The van der Waals surface area contributed by atoms with Crippen LogP contribution in [0.3, 0.4) is 0 Å². The van der Waals surface area contributed by atoms with Gasteiger partial charge in [0.1, 0.15) is 5.52 Å². The number of carbonyl (C=O) groups excluding carboxylic acids is 2. The van der Waals surface area contributed by atoms with Gasteiger partial charge < -0.3 is 4.74 Å². The second-order valence-corrected chi connectivity index (χ2v) is 7.07. The third-order valence-electron chi connectivity index (χ3n) is 4.78. The number of aromatic nitrogens is 3. The van der Waals surface area contributed by atoms with Crippen LogP contribution < -0.4 is 15.6 Å². The number of rotatable bonds is 6. The molecular weight excluding hydrogens is 413 g/mol. The topological polar surface area (TPSA) is 98.1 Å². The fourth-order valence-electron chi connectivity index (χ4n) is 3.05. The Morgan fingerprint density at radius 3 is 2.50 bits per heavy atom. The average molecular weight is 433 g/mol. The van der Waals surface area contributed by atoms with E-state index in [2.05, 4.69) is 21.2 Å². The van der Waals surface area contributed by atoms with Crippen LogP contribution in [0, 0.1) is 5.82 Å². The largest absolute Gasteiger partial charge is 0.478 e. The molecule has 8 nitrogen and oxygen atoms in total. The summed E-state index contributed by atoms with van der Waals surface area (Å²) in [5, 5.41) is 8.28. The molecule has 0 spiro atoms. The predicted molar refractivity (Wildman–Crippen MR) is 115 cm³/mol. The van der Waals surface area contributed by atoms with Crippen molar-refractivity contribution < 1.29 is 18.7 Å². The van der Waals surface area contributed by atoms with Crippen LogP contribution in [0.1, 0.15) is 22.8 Å². The number of benzene rings is 3. The summed E-state index contributed by atoms with van der Waals surface area (Å²) in [7, 11) is 0. The van der Waals surface area contributed by atoms with Crippen molar-refractivity contribution in [2.75, 3.05) is 0 Å². The van der Waals surface area contributed by atoms with E-state index in [1.165, 1.54) is 25.1 Å². The molecule has 1 atom stereocenters. The number of nitrogens with one attached hydrogen (secondary N) is 2. The maximum atomic E-state index is 13.6. The summed E-state index contributed by atoms with van der Waals surface area (Å²) in [5.41, 5.74) is 7.64. The summed E-state index contributed by atoms with van der Waals surface area (Å²) in [5.74, 6) is -1.72. The fraction of sp³-hybridized carbons (Fsp3) is 0.130. The van der Waals surface area contributed by atoms with Crippen molar-refractivity contribution in [3.8, 4) is 5.75 Å². The van der Waals surface area contributed by atoms with Crippen LogP contribution in [-0.2, 0) is 11.3 Å². The molecule has 9 heteroatoms. The van der Waals surface area contributed by atoms with Gasteiger partial charge in [0.25, 0.3) is 11.8 Å². The van der Waals surface area contributed by atoms with Crippen molar-refractivity contribution in [2.45, 2.75) is 19.6 Å². The van der Waals surface area contributed by atoms with E-state index in [9.17, 15) is 14.0 Å². The first-order chi connectivity index (χ1) is 15.5. The number of ether oxygens (including phenoxy) is 1. The molecule has 0 aliphatic carbocycles. The maximum Gasteiger partial charge on any atom is 0.279 e. The molecule has 4 rings (SSSR count). The number of hydrogen-bond donors (Lipinski definition) is 2. The van der Waals surface area contributed by atoms with Gasteiger partial charge in [-0.1, -0.05) is 41.6 Å². The van der Waals surface area contributed by atoms with Gasteiger partial charge in [-0.05, 0) is 48.9 Å². The Morgan fingerprint density at radius 1 is 1.00 bits per heavy atom. The minimum atomic E-state index is -1.01. The SMILES string of the molecule is CC(Oc1ccccc1F)C(=O)NNC(=O)c1ccc(Cn2nnc3ccccc32)cc1. The number of para-hydroxylation sites is 2. The van der Waals surface area contributed by atoms with Crippen LogP contribution in [0.15, 0.2) is 72.8 Å². The highest BCUT2D eigenvalue weighted by atomic mass is 19.1. The van der Waals surface area contributed by atoms with Crippen LogP contribution in [0.4, 0.5) is 4.39 Å². The van der Waals surface area contributed by atoms with Gasteiger partial charge in [-0.2, -0.15) is 0 Å². The van der Waals surface area contributed by atoms with Crippen LogP contribution in [0.5, 0.6) is 5.75 Å². The van der Waals surface area contributed by atoms with E-state index in [1.54, 1.807) is 35.0 Å². The Morgan fingerprint density at radius 2 is 1.72 bits per heavy atom. The highest BCUT2D eigenvalue weighted by molar-refractivity contribution is 5.95. The number of hydrazine groups is 1. The van der Waals surface area contributed by atoms with Gasteiger partial charge in [0.05, 0.1) is 12.1 Å². The Bertz CT molecular complexity index is 1260. The first-order valence-electron chi connectivity index (χ1n) is 9.90. The third kappa shape index (κ3) is 4.72. The second-order valence-electron chi connectivity index (χ2n) is 7.07. The Kier molecular flexibility index (Phi) is 6.07. The van der Waals surface area contributed by atoms with E-state index >= 15 is 0 Å². The number of fused-ring (bicyclic) bond motifs is 1. The Balaban J connectivity index is 1.31. The summed E-state index contributed by atoms with van der Waals surface area (Å²) in [6, 6.07) is 20.3. The minimum absolute atomic E-state index is 0.0442. The number of amides is 2.